The molecule has 0 spiro atoms. The number of hydrogen-bond acceptors (Lipinski definition) is 2. The van der Waals surface area contributed by atoms with E-state index in [2.05, 4.69) is 10.3 Å². The van der Waals surface area contributed by atoms with E-state index in [9.17, 15) is 4.39 Å². The summed E-state index contributed by atoms with van der Waals surface area (Å²) in [7, 11) is 3.83. The molecule has 90 valence electrons. The van der Waals surface area contributed by atoms with Crippen molar-refractivity contribution in [3.8, 4) is 0 Å². The highest BCUT2D eigenvalue weighted by molar-refractivity contribution is 5.30. The van der Waals surface area contributed by atoms with E-state index in [0.717, 1.165) is 23.5 Å². The van der Waals surface area contributed by atoms with Gasteiger partial charge in [-0.2, -0.15) is 0 Å². The average Bonchev–Trinajstić information content (AvgIpc) is 2.69. The lowest BCUT2D eigenvalue weighted by Crippen LogP contribution is -2.09. The number of hydrogen-bond donors (Lipinski definition) is 1. The lowest BCUT2D eigenvalue weighted by atomic mass is 10.0. The molecule has 0 amide bonds. The van der Waals surface area contributed by atoms with Crippen molar-refractivity contribution in [2.24, 2.45) is 7.05 Å². The third kappa shape index (κ3) is 2.71. The molecule has 4 heteroatoms. The Hall–Kier alpha value is -1.68. The van der Waals surface area contributed by atoms with Crippen LogP contribution in [0.1, 0.15) is 17.0 Å². The first-order valence-corrected chi connectivity index (χ1v) is 5.59. The van der Waals surface area contributed by atoms with Crippen molar-refractivity contribution >= 4 is 0 Å². The van der Waals surface area contributed by atoms with E-state index in [4.69, 9.17) is 0 Å². The maximum atomic E-state index is 13.3. The third-order valence-corrected chi connectivity index (χ3v) is 2.81. The Bertz CT molecular complexity index is 505. The van der Waals surface area contributed by atoms with Crippen molar-refractivity contribution < 1.29 is 4.39 Å². The van der Waals surface area contributed by atoms with Crippen LogP contribution in [0, 0.1) is 5.82 Å². The number of benzene rings is 1. The van der Waals surface area contributed by atoms with E-state index < -0.39 is 0 Å². The monoisotopic (exact) mass is 233 g/mol. The minimum atomic E-state index is -0.200. The standard InChI is InChI=1S/C13H16FN3/c1-15-9-10-3-4-12(14)7-11(10)8-13-16-5-6-17(13)2/h3-7,15H,8-9H2,1-2H3. The summed E-state index contributed by atoms with van der Waals surface area (Å²) in [5.41, 5.74) is 2.09. The van der Waals surface area contributed by atoms with Crippen LogP contribution < -0.4 is 5.32 Å². The fraction of sp³-hybridized carbons (Fsp3) is 0.308. The Morgan fingerprint density at radius 2 is 2.18 bits per heavy atom. The summed E-state index contributed by atoms with van der Waals surface area (Å²) in [6.45, 7) is 0.736. The predicted octanol–water partition coefficient (Wildman–Crippen LogP) is 1.87. The highest BCUT2D eigenvalue weighted by atomic mass is 19.1. The lowest BCUT2D eigenvalue weighted by Gasteiger charge is -2.09. The van der Waals surface area contributed by atoms with Gasteiger partial charge in [0.15, 0.2) is 0 Å². The molecule has 1 aromatic carbocycles. The van der Waals surface area contributed by atoms with Crippen LogP contribution in [0.25, 0.3) is 0 Å². The van der Waals surface area contributed by atoms with Crippen molar-refractivity contribution in [1.82, 2.24) is 14.9 Å². The molecular formula is C13H16FN3. The average molecular weight is 233 g/mol. The van der Waals surface area contributed by atoms with Gasteiger partial charge in [-0.3, -0.25) is 0 Å². The van der Waals surface area contributed by atoms with Crippen molar-refractivity contribution in [2.45, 2.75) is 13.0 Å². The number of halogens is 1. The highest BCUT2D eigenvalue weighted by Gasteiger charge is 2.07. The van der Waals surface area contributed by atoms with Gasteiger partial charge in [0, 0.05) is 32.4 Å². The van der Waals surface area contributed by atoms with Crippen molar-refractivity contribution in [2.75, 3.05) is 7.05 Å². The molecule has 0 aliphatic rings. The molecule has 2 rings (SSSR count). The van der Waals surface area contributed by atoms with E-state index in [1.54, 1.807) is 12.3 Å². The first kappa shape index (κ1) is 11.8. The zero-order valence-corrected chi connectivity index (χ0v) is 10.1. The first-order chi connectivity index (χ1) is 8.20. The van der Waals surface area contributed by atoms with Gasteiger partial charge in [-0.05, 0) is 30.3 Å². The SMILES string of the molecule is CNCc1ccc(F)cc1Cc1nccn1C. The third-order valence-electron chi connectivity index (χ3n) is 2.81. The van der Waals surface area contributed by atoms with Gasteiger partial charge in [0.05, 0.1) is 0 Å². The fourth-order valence-electron chi connectivity index (χ4n) is 1.86. The Kier molecular flexibility index (Phi) is 3.54. The number of nitrogens with zero attached hydrogens (tertiary/aromatic N) is 2. The van der Waals surface area contributed by atoms with Crippen molar-refractivity contribution in [3.05, 3.63) is 53.4 Å². The zero-order chi connectivity index (χ0) is 12.3. The van der Waals surface area contributed by atoms with E-state index in [0.29, 0.717) is 6.42 Å². The molecule has 3 nitrogen and oxygen atoms in total. The predicted molar refractivity (Wildman–Crippen MR) is 65.2 cm³/mol. The molecule has 0 bridgehead atoms. The summed E-state index contributed by atoms with van der Waals surface area (Å²) in [6.07, 6.45) is 4.30. The zero-order valence-electron chi connectivity index (χ0n) is 10.1. The summed E-state index contributed by atoms with van der Waals surface area (Å²) in [5, 5.41) is 3.09. The van der Waals surface area contributed by atoms with Crippen molar-refractivity contribution in [3.63, 3.8) is 0 Å². The van der Waals surface area contributed by atoms with E-state index in [1.165, 1.54) is 6.07 Å². The second-order valence-corrected chi connectivity index (χ2v) is 4.07. The Labute approximate surface area is 100 Å². The summed E-state index contributed by atoms with van der Waals surface area (Å²) >= 11 is 0. The molecule has 0 aliphatic carbocycles. The van der Waals surface area contributed by atoms with Crippen LogP contribution in [-0.2, 0) is 20.0 Å². The summed E-state index contributed by atoms with van der Waals surface area (Å²) in [4.78, 5) is 4.26. The van der Waals surface area contributed by atoms with Gasteiger partial charge in [0.25, 0.3) is 0 Å². The molecule has 0 saturated carbocycles. The molecule has 1 N–H and O–H groups in total. The highest BCUT2D eigenvalue weighted by Crippen LogP contribution is 2.15. The van der Waals surface area contributed by atoms with Gasteiger partial charge >= 0.3 is 0 Å². The quantitative estimate of drug-likeness (QED) is 0.873. The molecule has 0 atom stereocenters. The van der Waals surface area contributed by atoms with Gasteiger partial charge in [0.2, 0.25) is 0 Å². The van der Waals surface area contributed by atoms with Crippen molar-refractivity contribution in [1.29, 1.82) is 0 Å². The van der Waals surface area contributed by atoms with Crippen LogP contribution in [0.5, 0.6) is 0 Å². The molecule has 0 unspecified atom stereocenters. The van der Waals surface area contributed by atoms with Crippen LogP contribution in [0.4, 0.5) is 4.39 Å². The maximum Gasteiger partial charge on any atom is 0.123 e. The smallest absolute Gasteiger partial charge is 0.123 e. The topological polar surface area (TPSA) is 29.9 Å². The molecule has 17 heavy (non-hydrogen) atoms. The van der Waals surface area contributed by atoms with Gasteiger partial charge in [-0.25, -0.2) is 9.37 Å². The van der Waals surface area contributed by atoms with Gasteiger partial charge in [-0.1, -0.05) is 6.07 Å². The second-order valence-electron chi connectivity index (χ2n) is 4.07. The number of imidazole rings is 1. The van der Waals surface area contributed by atoms with Gasteiger partial charge in [-0.15, -0.1) is 0 Å². The Morgan fingerprint density at radius 1 is 1.35 bits per heavy atom. The molecule has 0 aliphatic heterocycles. The fourth-order valence-corrected chi connectivity index (χ4v) is 1.86. The molecular weight excluding hydrogens is 217 g/mol. The van der Waals surface area contributed by atoms with Gasteiger partial charge in [0.1, 0.15) is 11.6 Å². The van der Waals surface area contributed by atoms with Crippen LogP contribution >= 0.6 is 0 Å². The number of nitrogens with one attached hydrogen (secondary N) is 1. The van der Waals surface area contributed by atoms with Crippen LogP contribution in [0.2, 0.25) is 0 Å². The number of rotatable bonds is 4. The molecule has 1 heterocycles. The lowest BCUT2D eigenvalue weighted by molar-refractivity contribution is 0.623. The molecule has 2 aromatic rings. The second kappa shape index (κ2) is 5.10. The molecule has 0 radical (unpaired) electrons. The van der Waals surface area contributed by atoms with Crippen LogP contribution in [0.3, 0.4) is 0 Å². The van der Waals surface area contributed by atoms with Crippen LogP contribution in [-0.4, -0.2) is 16.6 Å². The van der Waals surface area contributed by atoms with E-state index in [1.807, 2.05) is 30.9 Å². The first-order valence-electron chi connectivity index (χ1n) is 5.59. The number of aromatic nitrogens is 2. The number of aryl methyl sites for hydroxylation is 1. The molecule has 1 aromatic heterocycles. The summed E-state index contributed by atoms with van der Waals surface area (Å²) in [6, 6.07) is 4.90. The Balaban J connectivity index is 2.30. The largest absolute Gasteiger partial charge is 0.338 e. The van der Waals surface area contributed by atoms with Gasteiger partial charge < -0.3 is 9.88 Å². The maximum absolute atomic E-state index is 13.3. The minimum absolute atomic E-state index is 0.200. The Morgan fingerprint density at radius 3 is 2.82 bits per heavy atom. The minimum Gasteiger partial charge on any atom is -0.338 e. The van der Waals surface area contributed by atoms with E-state index in [-0.39, 0.29) is 5.82 Å². The molecule has 0 saturated heterocycles. The molecule has 0 fully saturated rings. The van der Waals surface area contributed by atoms with Crippen LogP contribution in [0.15, 0.2) is 30.6 Å². The van der Waals surface area contributed by atoms with E-state index >= 15 is 0 Å². The summed E-state index contributed by atoms with van der Waals surface area (Å²) in [5.74, 6) is 0.738. The normalized spacial score (nSPS) is 10.8. The summed E-state index contributed by atoms with van der Waals surface area (Å²) < 4.78 is 15.2.